The largest absolute Gasteiger partial charge is 0.438 e. The van der Waals surface area contributed by atoms with E-state index in [1.807, 2.05) is 6.92 Å². The standard InChI is InChI=1S/C14H12BrFN4O/c1-2-5-18-14-19-8-11(15)13(20-14)21-10-4-3-9(7-17)12(16)6-10/h3-4,6,8H,2,5H2,1H3,(H,18,19,20). The topological polar surface area (TPSA) is 70.8 Å². The minimum absolute atomic E-state index is 0.0330. The van der Waals surface area contributed by atoms with Gasteiger partial charge in [-0.25, -0.2) is 9.37 Å². The normalized spacial score (nSPS) is 10.0. The molecule has 0 aliphatic heterocycles. The lowest BCUT2D eigenvalue weighted by Gasteiger charge is -2.09. The Labute approximate surface area is 129 Å². The van der Waals surface area contributed by atoms with E-state index in [1.165, 1.54) is 12.1 Å². The second-order valence-electron chi connectivity index (χ2n) is 4.13. The highest BCUT2D eigenvalue weighted by atomic mass is 79.9. The van der Waals surface area contributed by atoms with Gasteiger partial charge in [0.15, 0.2) is 0 Å². The lowest BCUT2D eigenvalue weighted by atomic mass is 10.2. The van der Waals surface area contributed by atoms with Crippen molar-refractivity contribution in [2.24, 2.45) is 0 Å². The van der Waals surface area contributed by atoms with Gasteiger partial charge in [0, 0.05) is 12.6 Å². The van der Waals surface area contributed by atoms with Crippen LogP contribution in [0.25, 0.3) is 0 Å². The quantitative estimate of drug-likeness (QED) is 0.886. The fourth-order valence-electron chi connectivity index (χ4n) is 1.51. The number of ether oxygens (including phenoxy) is 1. The first-order valence-corrected chi connectivity index (χ1v) is 7.07. The minimum Gasteiger partial charge on any atom is -0.438 e. The van der Waals surface area contributed by atoms with Gasteiger partial charge >= 0.3 is 0 Å². The van der Waals surface area contributed by atoms with Gasteiger partial charge in [0.05, 0.1) is 16.2 Å². The molecule has 21 heavy (non-hydrogen) atoms. The highest BCUT2D eigenvalue weighted by Crippen LogP contribution is 2.28. The molecule has 0 radical (unpaired) electrons. The summed E-state index contributed by atoms with van der Waals surface area (Å²) < 4.78 is 19.6. The molecule has 108 valence electrons. The van der Waals surface area contributed by atoms with Crippen LogP contribution in [0.3, 0.4) is 0 Å². The smallest absolute Gasteiger partial charge is 0.238 e. The zero-order valence-electron chi connectivity index (χ0n) is 11.2. The van der Waals surface area contributed by atoms with Gasteiger partial charge in [-0.1, -0.05) is 6.92 Å². The molecule has 0 fully saturated rings. The molecule has 0 unspecified atom stereocenters. The Morgan fingerprint density at radius 3 is 2.95 bits per heavy atom. The van der Waals surface area contributed by atoms with Crippen LogP contribution >= 0.6 is 15.9 Å². The first-order valence-electron chi connectivity index (χ1n) is 6.28. The van der Waals surface area contributed by atoms with E-state index in [1.54, 1.807) is 12.3 Å². The molecule has 0 bridgehead atoms. The van der Waals surface area contributed by atoms with Crippen molar-refractivity contribution in [2.75, 3.05) is 11.9 Å². The van der Waals surface area contributed by atoms with Crippen molar-refractivity contribution in [1.29, 1.82) is 5.26 Å². The van der Waals surface area contributed by atoms with Crippen molar-refractivity contribution in [3.8, 4) is 17.7 Å². The summed E-state index contributed by atoms with van der Waals surface area (Å²) in [5, 5.41) is 11.7. The van der Waals surface area contributed by atoms with Crippen molar-refractivity contribution in [3.05, 3.63) is 40.2 Å². The second-order valence-corrected chi connectivity index (χ2v) is 4.98. The third-order valence-corrected chi connectivity index (χ3v) is 3.06. The van der Waals surface area contributed by atoms with Gasteiger partial charge in [-0.05, 0) is 34.5 Å². The van der Waals surface area contributed by atoms with Crippen LogP contribution in [-0.4, -0.2) is 16.5 Å². The van der Waals surface area contributed by atoms with E-state index in [9.17, 15) is 4.39 Å². The van der Waals surface area contributed by atoms with Gasteiger partial charge in [0.1, 0.15) is 17.6 Å². The summed E-state index contributed by atoms with van der Waals surface area (Å²) in [7, 11) is 0. The predicted octanol–water partition coefficient (Wildman–Crippen LogP) is 3.86. The highest BCUT2D eigenvalue weighted by Gasteiger charge is 2.09. The number of hydrogen-bond acceptors (Lipinski definition) is 5. The molecule has 0 aliphatic rings. The number of benzene rings is 1. The number of nitrogens with one attached hydrogen (secondary N) is 1. The average Bonchev–Trinajstić information content (AvgIpc) is 2.48. The van der Waals surface area contributed by atoms with Gasteiger partial charge in [0.2, 0.25) is 11.8 Å². The fourth-order valence-corrected chi connectivity index (χ4v) is 1.78. The Balaban J connectivity index is 2.22. The highest BCUT2D eigenvalue weighted by molar-refractivity contribution is 9.10. The molecule has 7 heteroatoms. The third kappa shape index (κ3) is 3.89. The van der Waals surface area contributed by atoms with Gasteiger partial charge in [0.25, 0.3) is 0 Å². The Morgan fingerprint density at radius 1 is 1.48 bits per heavy atom. The first kappa shape index (κ1) is 15.2. The molecule has 2 rings (SSSR count). The van der Waals surface area contributed by atoms with Crippen LogP contribution < -0.4 is 10.1 Å². The van der Waals surface area contributed by atoms with Crippen LogP contribution in [-0.2, 0) is 0 Å². The molecule has 0 aliphatic carbocycles. The Kier molecular flexibility index (Phi) is 5.06. The average molecular weight is 351 g/mol. The van der Waals surface area contributed by atoms with Crippen LogP contribution in [0.1, 0.15) is 18.9 Å². The summed E-state index contributed by atoms with van der Waals surface area (Å²) in [5.74, 6) is 0.328. The zero-order valence-corrected chi connectivity index (χ0v) is 12.8. The van der Waals surface area contributed by atoms with E-state index in [2.05, 4.69) is 31.2 Å². The summed E-state index contributed by atoms with van der Waals surface area (Å²) in [5.41, 5.74) is -0.0330. The van der Waals surface area contributed by atoms with Crippen molar-refractivity contribution in [1.82, 2.24) is 9.97 Å². The minimum atomic E-state index is -0.635. The SMILES string of the molecule is CCCNc1ncc(Br)c(Oc2ccc(C#N)c(F)c2)n1. The van der Waals surface area contributed by atoms with E-state index in [0.29, 0.717) is 10.4 Å². The third-order valence-electron chi connectivity index (χ3n) is 2.52. The number of rotatable bonds is 5. The van der Waals surface area contributed by atoms with Gasteiger partial charge in [-0.3, -0.25) is 0 Å². The lowest BCUT2D eigenvalue weighted by Crippen LogP contribution is -2.05. The van der Waals surface area contributed by atoms with Crippen LogP contribution in [0.5, 0.6) is 11.6 Å². The van der Waals surface area contributed by atoms with Gasteiger partial charge < -0.3 is 10.1 Å². The Hall–Kier alpha value is -2.20. The molecule has 5 nitrogen and oxygen atoms in total. The Morgan fingerprint density at radius 2 is 2.29 bits per heavy atom. The summed E-state index contributed by atoms with van der Waals surface area (Å²) in [6.07, 6.45) is 2.50. The van der Waals surface area contributed by atoms with Crippen LogP contribution in [0.4, 0.5) is 10.3 Å². The van der Waals surface area contributed by atoms with Gasteiger partial charge in [-0.15, -0.1) is 0 Å². The molecule has 0 saturated heterocycles. The van der Waals surface area contributed by atoms with E-state index < -0.39 is 5.82 Å². The molecule has 1 aromatic heterocycles. The number of hydrogen-bond donors (Lipinski definition) is 1. The summed E-state index contributed by atoms with van der Waals surface area (Å²) in [6.45, 7) is 2.77. The summed E-state index contributed by atoms with van der Waals surface area (Å²) in [4.78, 5) is 8.30. The van der Waals surface area contributed by atoms with Crippen LogP contribution in [0, 0.1) is 17.1 Å². The Bertz CT molecular complexity index is 687. The zero-order chi connectivity index (χ0) is 15.2. The molecule has 0 saturated carbocycles. The van der Waals surface area contributed by atoms with E-state index in [-0.39, 0.29) is 17.2 Å². The van der Waals surface area contributed by atoms with E-state index in [0.717, 1.165) is 19.0 Å². The number of nitrogens with zero attached hydrogens (tertiary/aromatic N) is 3. The molecular formula is C14H12BrFN4O. The number of halogens is 2. The lowest BCUT2D eigenvalue weighted by molar-refractivity contribution is 0.454. The second kappa shape index (κ2) is 6.99. The maximum atomic E-state index is 13.5. The number of nitriles is 1. The fraction of sp³-hybridized carbons (Fsp3) is 0.214. The van der Waals surface area contributed by atoms with Crippen molar-refractivity contribution in [2.45, 2.75) is 13.3 Å². The number of aromatic nitrogens is 2. The van der Waals surface area contributed by atoms with Gasteiger partial charge in [-0.2, -0.15) is 10.2 Å². The summed E-state index contributed by atoms with van der Waals surface area (Å²) in [6, 6.07) is 5.77. The first-order chi connectivity index (χ1) is 10.1. The van der Waals surface area contributed by atoms with Crippen molar-refractivity contribution >= 4 is 21.9 Å². The molecule has 1 N–H and O–H groups in total. The maximum Gasteiger partial charge on any atom is 0.238 e. The molecular weight excluding hydrogens is 339 g/mol. The molecule has 2 aromatic rings. The maximum absolute atomic E-state index is 13.5. The molecule has 1 aromatic carbocycles. The molecule has 1 heterocycles. The van der Waals surface area contributed by atoms with Crippen LogP contribution in [0.15, 0.2) is 28.9 Å². The number of anilines is 1. The van der Waals surface area contributed by atoms with Crippen molar-refractivity contribution in [3.63, 3.8) is 0 Å². The molecule has 0 atom stereocenters. The summed E-state index contributed by atoms with van der Waals surface area (Å²) >= 11 is 3.28. The predicted molar refractivity (Wildman–Crippen MR) is 79.7 cm³/mol. The van der Waals surface area contributed by atoms with E-state index in [4.69, 9.17) is 10.00 Å². The molecule has 0 spiro atoms. The van der Waals surface area contributed by atoms with E-state index >= 15 is 0 Å². The van der Waals surface area contributed by atoms with Crippen molar-refractivity contribution < 1.29 is 9.13 Å². The molecule has 0 amide bonds. The monoisotopic (exact) mass is 350 g/mol. The van der Waals surface area contributed by atoms with Crippen LogP contribution in [0.2, 0.25) is 0 Å².